The second-order valence-electron chi connectivity index (χ2n) is 8.04. The molecule has 6 nitrogen and oxygen atoms in total. The summed E-state index contributed by atoms with van der Waals surface area (Å²) in [5.74, 6) is 0.356. The lowest BCUT2D eigenvalue weighted by molar-refractivity contribution is -0.140. The third-order valence-electron chi connectivity index (χ3n) is 5.14. The van der Waals surface area contributed by atoms with Crippen LogP contribution >= 0.6 is 0 Å². The van der Waals surface area contributed by atoms with Gasteiger partial charge in [-0.15, -0.1) is 0 Å². The maximum Gasteiger partial charge on any atom is 0.242 e. The van der Waals surface area contributed by atoms with E-state index in [4.69, 9.17) is 4.74 Å². The summed E-state index contributed by atoms with van der Waals surface area (Å²) in [7, 11) is 1.63. The SMILES string of the molecule is COCCN(Cc1cccn1Cc1ccccc1)C(=O)CN(CCC(C)C)C(C)=O. The highest BCUT2D eigenvalue weighted by Gasteiger charge is 2.20. The van der Waals surface area contributed by atoms with Crippen molar-refractivity contribution in [3.63, 3.8) is 0 Å². The minimum absolute atomic E-state index is 0.0570. The van der Waals surface area contributed by atoms with Crippen molar-refractivity contribution >= 4 is 11.8 Å². The Morgan fingerprint density at radius 3 is 2.40 bits per heavy atom. The Bertz CT molecular complexity index is 786. The van der Waals surface area contributed by atoms with E-state index in [1.54, 1.807) is 16.9 Å². The molecule has 1 heterocycles. The van der Waals surface area contributed by atoms with E-state index >= 15 is 0 Å². The predicted octanol–water partition coefficient (Wildman–Crippen LogP) is 3.41. The number of aromatic nitrogens is 1. The lowest BCUT2D eigenvalue weighted by atomic mass is 10.1. The number of hydrogen-bond acceptors (Lipinski definition) is 3. The van der Waals surface area contributed by atoms with Crippen LogP contribution in [0.4, 0.5) is 0 Å². The third kappa shape index (κ3) is 7.67. The summed E-state index contributed by atoms with van der Waals surface area (Å²) >= 11 is 0. The first-order valence-electron chi connectivity index (χ1n) is 10.6. The lowest BCUT2D eigenvalue weighted by Gasteiger charge is -2.28. The molecule has 0 N–H and O–H groups in total. The van der Waals surface area contributed by atoms with Crippen molar-refractivity contribution in [2.45, 2.75) is 40.3 Å². The van der Waals surface area contributed by atoms with Crippen molar-refractivity contribution in [2.75, 3.05) is 33.4 Å². The maximum absolute atomic E-state index is 13.1. The Balaban J connectivity index is 2.09. The topological polar surface area (TPSA) is 54.8 Å². The fourth-order valence-electron chi connectivity index (χ4n) is 3.24. The first-order chi connectivity index (χ1) is 14.4. The summed E-state index contributed by atoms with van der Waals surface area (Å²) in [4.78, 5) is 28.5. The third-order valence-corrected chi connectivity index (χ3v) is 5.14. The molecule has 1 aromatic heterocycles. The molecule has 2 aromatic rings. The van der Waals surface area contributed by atoms with Crippen molar-refractivity contribution in [2.24, 2.45) is 5.92 Å². The van der Waals surface area contributed by atoms with E-state index in [0.717, 1.165) is 18.7 Å². The van der Waals surface area contributed by atoms with E-state index in [0.29, 0.717) is 32.2 Å². The van der Waals surface area contributed by atoms with Gasteiger partial charge in [-0.05, 0) is 30.0 Å². The average molecular weight is 414 g/mol. The van der Waals surface area contributed by atoms with Gasteiger partial charge in [0, 0.05) is 45.6 Å². The molecule has 30 heavy (non-hydrogen) atoms. The Morgan fingerprint density at radius 1 is 1.03 bits per heavy atom. The molecule has 0 aliphatic heterocycles. The van der Waals surface area contributed by atoms with Gasteiger partial charge in [0.05, 0.1) is 19.7 Å². The van der Waals surface area contributed by atoms with Gasteiger partial charge in [0.2, 0.25) is 11.8 Å². The number of nitrogens with zero attached hydrogens (tertiary/aromatic N) is 3. The molecule has 0 spiro atoms. The van der Waals surface area contributed by atoms with Crippen molar-refractivity contribution in [3.8, 4) is 0 Å². The molecule has 1 aromatic carbocycles. The zero-order valence-electron chi connectivity index (χ0n) is 18.7. The Morgan fingerprint density at radius 2 is 1.77 bits per heavy atom. The number of ether oxygens (including phenoxy) is 1. The van der Waals surface area contributed by atoms with Gasteiger partial charge >= 0.3 is 0 Å². The highest BCUT2D eigenvalue weighted by Crippen LogP contribution is 2.12. The van der Waals surface area contributed by atoms with Crippen LogP contribution in [0.2, 0.25) is 0 Å². The standard InChI is InChI=1S/C24H35N3O3/c1-20(2)12-14-25(21(3)28)19-24(29)27(15-16-30-4)18-23-11-8-13-26(23)17-22-9-6-5-7-10-22/h5-11,13,20H,12,14-19H2,1-4H3. The minimum atomic E-state index is -0.0665. The summed E-state index contributed by atoms with van der Waals surface area (Å²) < 4.78 is 7.37. The van der Waals surface area contributed by atoms with E-state index in [9.17, 15) is 9.59 Å². The van der Waals surface area contributed by atoms with Crippen molar-refractivity contribution < 1.29 is 14.3 Å². The normalized spacial score (nSPS) is 11.0. The van der Waals surface area contributed by atoms with Crippen LogP contribution in [0.3, 0.4) is 0 Å². The van der Waals surface area contributed by atoms with Crippen LogP contribution in [-0.4, -0.2) is 59.5 Å². The molecular weight excluding hydrogens is 378 g/mol. The second-order valence-corrected chi connectivity index (χ2v) is 8.04. The zero-order chi connectivity index (χ0) is 21.9. The Hall–Kier alpha value is -2.60. The van der Waals surface area contributed by atoms with Gasteiger partial charge in [0.15, 0.2) is 0 Å². The maximum atomic E-state index is 13.1. The summed E-state index contributed by atoms with van der Waals surface area (Å²) in [6.45, 7) is 8.64. The van der Waals surface area contributed by atoms with Crippen molar-refractivity contribution in [1.82, 2.24) is 14.4 Å². The molecular formula is C24H35N3O3. The molecule has 2 rings (SSSR count). The van der Waals surface area contributed by atoms with Crippen LogP contribution in [0, 0.1) is 5.92 Å². The van der Waals surface area contributed by atoms with Crippen LogP contribution in [0.15, 0.2) is 48.7 Å². The van der Waals surface area contributed by atoms with Gasteiger partial charge in [-0.1, -0.05) is 44.2 Å². The van der Waals surface area contributed by atoms with Gasteiger partial charge in [0.1, 0.15) is 0 Å². The molecule has 0 fully saturated rings. The molecule has 0 aliphatic rings. The number of methoxy groups -OCH3 is 1. The fraction of sp³-hybridized carbons (Fsp3) is 0.500. The average Bonchev–Trinajstić information content (AvgIpc) is 3.15. The molecule has 0 unspecified atom stereocenters. The minimum Gasteiger partial charge on any atom is -0.383 e. The smallest absolute Gasteiger partial charge is 0.242 e. The van der Waals surface area contributed by atoms with Gasteiger partial charge in [-0.2, -0.15) is 0 Å². The van der Waals surface area contributed by atoms with Gasteiger partial charge in [-0.3, -0.25) is 9.59 Å². The number of hydrogen-bond donors (Lipinski definition) is 0. The highest BCUT2D eigenvalue weighted by molar-refractivity contribution is 5.83. The van der Waals surface area contributed by atoms with E-state index in [2.05, 4.69) is 30.5 Å². The molecule has 0 radical (unpaired) electrons. The number of carbonyl (C=O) groups is 2. The number of carbonyl (C=O) groups excluding carboxylic acids is 2. The first-order valence-corrected chi connectivity index (χ1v) is 10.6. The van der Waals surface area contributed by atoms with E-state index < -0.39 is 0 Å². The van der Waals surface area contributed by atoms with Crippen LogP contribution < -0.4 is 0 Å². The number of benzene rings is 1. The molecule has 0 atom stereocenters. The van der Waals surface area contributed by atoms with Crippen LogP contribution in [0.25, 0.3) is 0 Å². The predicted molar refractivity (Wildman–Crippen MR) is 119 cm³/mol. The van der Waals surface area contributed by atoms with Crippen LogP contribution in [0.1, 0.15) is 38.4 Å². The molecule has 0 saturated heterocycles. The molecule has 164 valence electrons. The van der Waals surface area contributed by atoms with Crippen molar-refractivity contribution in [1.29, 1.82) is 0 Å². The molecule has 0 bridgehead atoms. The zero-order valence-corrected chi connectivity index (χ0v) is 18.7. The quantitative estimate of drug-likeness (QED) is 0.536. The lowest BCUT2D eigenvalue weighted by Crippen LogP contribution is -2.43. The van der Waals surface area contributed by atoms with Crippen molar-refractivity contribution in [3.05, 3.63) is 59.9 Å². The Kier molecular flexibility index (Phi) is 9.61. The number of rotatable bonds is 12. The van der Waals surface area contributed by atoms with Gasteiger partial charge in [0.25, 0.3) is 0 Å². The summed E-state index contributed by atoms with van der Waals surface area (Å²) in [5.41, 5.74) is 2.26. The number of amides is 2. The first kappa shape index (κ1) is 23.7. The largest absolute Gasteiger partial charge is 0.383 e. The van der Waals surface area contributed by atoms with Gasteiger partial charge in [-0.25, -0.2) is 0 Å². The molecule has 0 saturated carbocycles. The summed E-state index contributed by atoms with van der Waals surface area (Å²) in [6, 6.07) is 14.3. The molecule has 2 amide bonds. The fourth-order valence-corrected chi connectivity index (χ4v) is 3.24. The van der Waals surface area contributed by atoms with E-state index in [1.165, 1.54) is 12.5 Å². The summed E-state index contributed by atoms with van der Waals surface area (Å²) in [6.07, 6.45) is 2.91. The molecule has 6 heteroatoms. The molecule has 0 aliphatic carbocycles. The van der Waals surface area contributed by atoms with E-state index in [1.807, 2.05) is 36.5 Å². The van der Waals surface area contributed by atoms with Gasteiger partial charge < -0.3 is 19.1 Å². The van der Waals surface area contributed by atoms with Crippen LogP contribution in [0.5, 0.6) is 0 Å². The van der Waals surface area contributed by atoms with E-state index in [-0.39, 0.29) is 18.4 Å². The Labute approximate surface area is 180 Å². The summed E-state index contributed by atoms with van der Waals surface area (Å²) in [5, 5.41) is 0. The monoisotopic (exact) mass is 413 g/mol. The highest BCUT2D eigenvalue weighted by atomic mass is 16.5. The van der Waals surface area contributed by atoms with Crippen LogP contribution in [-0.2, 0) is 27.4 Å². The second kappa shape index (κ2) is 12.2.